The average Bonchev–Trinajstić information content (AvgIpc) is 3.14. The summed E-state index contributed by atoms with van der Waals surface area (Å²) in [5, 5.41) is 1.70. The maximum absolute atomic E-state index is 13.3. The van der Waals surface area contributed by atoms with Gasteiger partial charge in [0.05, 0.1) is 49.7 Å². The molecule has 1 N–H and O–H groups in total. The zero-order valence-electron chi connectivity index (χ0n) is 27.6. The topological polar surface area (TPSA) is 145 Å². The molecule has 1 aliphatic heterocycles. The fraction of sp³-hybridized carbons (Fsp3) is 0.389. The molecule has 0 bridgehead atoms. The van der Waals surface area contributed by atoms with Gasteiger partial charge in [-0.1, -0.05) is 61.5 Å². The van der Waals surface area contributed by atoms with E-state index in [0.717, 1.165) is 0 Å². The van der Waals surface area contributed by atoms with Crippen molar-refractivity contribution in [3.8, 4) is 0 Å². The van der Waals surface area contributed by atoms with E-state index in [1.807, 2.05) is 0 Å². The molecule has 1 saturated heterocycles. The van der Waals surface area contributed by atoms with Crippen molar-refractivity contribution in [2.24, 2.45) is 5.92 Å². The lowest BCUT2D eigenvalue weighted by molar-refractivity contribution is -0.282. The van der Waals surface area contributed by atoms with Gasteiger partial charge in [0.1, 0.15) is 18.8 Å². The van der Waals surface area contributed by atoms with Gasteiger partial charge in [0.2, 0.25) is 0 Å². The molecular formula is C36H38F3NO11. The summed E-state index contributed by atoms with van der Waals surface area (Å²) in [5.41, 5.74) is 0.780. The van der Waals surface area contributed by atoms with Crippen molar-refractivity contribution >= 4 is 23.8 Å². The molecule has 2 unspecified atom stereocenters. The molecule has 12 nitrogen and oxygen atoms in total. The number of nitrogens with one attached hydrogen (secondary N) is 1. The predicted octanol–water partition coefficient (Wildman–Crippen LogP) is 4.38. The van der Waals surface area contributed by atoms with Crippen molar-refractivity contribution in [1.29, 1.82) is 0 Å². The Kier molecular flexibility index (Phi) is 14.9. The molecule has 1 aliphatic rings. The molecule has 1 heterocycles. The van der Waals surface area contributed by atoms with Crippen LogP contribution in [0, 0.1) is 5.92 Å². The highest BCUT2D eigenvalue weighted by molar-refractivity contribution is 5.91. The summed E-state index contributed by atoms with van der Waals surface area (Å²) in [6, 6.07) is 24.7. The normalized spacial score (nSPS) is 20.2. The first kappa shape index (κ1) is 39.0. The number of hydrogen-bond donors (Lipinski definition) is 1. The van der Waals surface area contributed by atoms with Gasteiger partial charge in [0.15, 0.2) is 12.4 Å². The monoisotopic (exact) mass is 717 g/mol. The molecule has 0 spiro atoms. The first-order chi connectivity index (χ1) is 24.5. The van der Waals surface area contributed by atoms with Gasteiger partial charge < -0.3 is 38.5 Å². The lowest BCUT2D eigenvalue weighted by Crippen LogP contribution is -2.58. The Morgan fingerprint density at radius 2 is 1.14 bits per heavy atom. The van der Waals surface area contributed by atoms with Gasteiger partial charge in [-0.15, -0.1) is 0 Å². The number of carbonyl (C=O) groups excluding carboxylic acids is 4. The third-order valence-corrected chi connectivity index (χ3v) is 7.51. The molecule has 5 atom stereocenters. The van der Waals surface area contributed by atoms with Crippen molar-refractivity contribution in [2.75, 3.05) is 46.2 Å². The summed E-state index contributed by atoms with van der Waals surface area (Å²) in [7, 11) is 0. The van der Waals surface area contributed by atoms with Gasteiger partial charge in [-0.05, 0) is 36.4 Å². The van der Waals surface area contributed by atoms with Crippen LogP contribution in [0.3, 0.4) is 0 Å². The van der Waals surface area contributed by atoms with Crippen LogP contribution in [0.25, 0.3) is 0 Å². The van der Waals surface area contributed by atoms with E-state index < -0.39 is 60.5 Å². The number of amides is 1. The minimum absolute atomic E-state index is 0.0129. The van der Waals surface area contributed by atoms with E-state index in [-0.39, 0.29) is 62.9 Å². The van der Waals surface area contributed by atoms with Crippen molar-refractivity contribution in [3.05, 3.63) is 108 Å². The molecule has 4 rings (SSSR count). The number of esters is 3. The number of alkyl halides is 3. The molecule has 3 aromatic rings. The first-order valence-corrected chi connectivity index (χ1v) is 16.1. The smallest absolute Gasteiger partial charge is 0.459 e. The van der Waals surface area contributed by atoms with Crippen LogP contribution in [-0.2, 0) is 38.0 Å². The van der Waals surface area contributed by atoms with Crippen molar-refractivity contribution in [3.63, 3.8) is 0 Å². The molecule has 0 aromatic heterocycles. The van der Waals surface area contributed by atoms with Crippen molar-refractivity contribution in [2.45, 2.75) is 37.7 Å². The van der Waals surface area contributed by atoms with Crippen LogP contribution >= 0.6 is 0 Å². The number of rotatable bonds is 17. The molecule has 274 valence electrons. The van der Waals surface area contributed by atoms with E-state index in [0.29, 0.717) is 0 Å². The Morgan fingerprint density at radius 3 is 1.67 bits per heavy atom. The number of halogens is 3. The molecule has 0 radical (unpaired) electrons. The Hall–Kier alpha value is -4.83. The second-order valence-corrected chi connectivity index (χ2v) is 11.2. The van der Waals surface area contributed by atoms with Crippen LogP contribution in [0.15, 0.2) is 91.0 Å². The molecule has 1 amide bonds. The van der Waals surface area contributed by atoms with Crippen molar-refractivity contribution in [1.82, 2.24) is 5.32 Å². The fourth-order valence-corrected chi connectivity index (χ4v) is 4.91. The van der Waals surface area contributed by atoms with Gasteiger partial charge in [-0.25, -0.2) is 14.4 Å². The van der Waals surface area contributed by atoms with E-state index >= 15 is 0 Å². The van der Waals surface area contributed by atoms with Crippen LogP contribution in [0.2, 0.25) is 0 Å². The van der Waals surface area contributed by atoms with E-state index in [4.69, 9.17) is 33.2 Å². The SMILES string of the molecule is CC1[C@H](OCCOCCOCCNC(=O)C(F)(F)F)OC(COC(=O)c2ccccc2)[C@H](OC(=O)c2ccccc2)[C@@H]1OC(=O)c1ccccc1. The van der Waals surface area contributed by atoms with E-state index in [1.165, 1.54) is 0 Å². The summed E-state index contributed by atoms with van der Waals surface area (Å²) >= 11 is 0. The van der Waals surface area contributed by atoms with E-state index in [1.54, 1.807) is 103 Å². The largest absolute Gasteiger partial charge is 0.471 e. The van der Waals surface area contributed by atoms with E-state index in [2.05, 4.69) is 0 Å². The summed E-state index contributed by atoms with van der Waals surface area (Å²) in [6.45, 7) is 0.987. The molecule has 51 heavy (non-hydrogen) atoms. The standard InChI is InChI=1S/C36H38F3NO11/c1-24-29(50-32(42)26-13-7-3-8-14-26)30(51-33(43)27-15-9-4-10-16-27)28(23-48-31(41)25-11-5-2-6-12-25)49-34(24)47-22-21-46-20-19-45-18-17-40-35(44)36(37,38)39/h2-16,24,28-30,34H,17-23H2,1H3,(H,40,44)/t24?,28?,29-,30+,34-/m1/s1. The number of carbonyl (C=O) groups is 4. The van der Waals surface area contributed by atoms with Crippen LogP contribution in [0.5, 0.6) is 0 Å². The van der Waals surface area contributed by atoms with Crippen LogP contribution < -0.4 is 5.32 Å². The average molecular weight is 718 g/mol. The third-order valence-electron chi connectivity index (χ3n) is 7.51. The Labute approximate surface area is 292 Å². The summed E-state index contributed by atoms with van der Waals surface area (Å²) in [4.78, 5) is 50.3. The van der Waals surface area contributed by atoms with Crippen LogP contribution in [0.1, 0.15) is 38.0 Å². The second kappa shape index (κ2) is 19.5. The minimum atomic E-state index is -4.97. The number of benzene rings is 3. The number of hydrogen-bond acceptors (Lipinski definition) is 11. The molecule has 0 saturated carbocycles. The quantitative estimate of drug-likeness (QED) is 0.121. The molecule has 3 aromatic carbocycles. The Bertz CT molecular complexity index is 1540. The fourth-order valence-electron chi connectivity index (χ4n) is 4.91. The lowest BCUT2D eigenvalue weighted by atomic mass is 9.91. The Morgan fingerprint density at radius 1 is 0.667 bits per heavy atom. The highest BCUT2D eigenvalue weighted by atomic mass is 19.4. The van der Waals surface area contributed by atoms with Gasteiger partial charge in [0.25, 0.3) is 0 Å². The minimum Gasteiger partial charge on any atom is -0.459 e. The van der Waals surface area contributed by atoms with Gasteiger partial charge in [-0.3, -0.25) is 4.79 Å². The van der Waals surface area contributed by atoms with Gasteiger partial charge in [-0.2, -0.15) is 13.2 Å². The second-order valence-electron chi connectivity index (χ2n) is 11.2. The van der Waals surface area contributed by atoms with Gasteiger partial charge in [0, 0.05) is 12.5 Å². The molecule has 1 fully saturated rings. The number of ether oxygens (including phenoxy) is 7. The lowest BCUT2D eigenvalue weighted by Gasteiger charge is -2.44. The van der Waals surface area contributed by atoms with Gasteiger partial charge >= 0.3 is 30.0 Å². The summed E-state index contributed by atoms with van der Waals surface area (Å²) in [5.74, 6) is -4.81. The molecule has 0 aliphatic carbocycles. The van der Waals surface area contributed by atoms with Crippen LogP contribution in [0.4, 0.5) is 13.2 Å². The highest BCUT2D eigenvalue weighted by Crippen LogP contribution is 2.33. The summed E-state index contributed by atoms with van der Waals surface area (Å²) in [6.07, 6.45) is -9.48. The zero-order chi connectivity index (χ0) is 36.6. The Balaban J connectivity index is 1.41. The third kappa shape index (κ3) is 12.2. The summed E-state index contributed by atoms with van der Waals surface area (Å²) < 4.78 is 77.0. The maximum atomic E-state index is 13.3. The first-order valence-electron chi connectivity index (χ1n) is 16.1. The van der Waals surface area contributed by atoms with E-state index in [9.17, 15) is 32.3 Å². The van der Waals surface area contributed by atoms with Crippen molar-refractivity contribution < 1.29 is 65.5 Å². The molecule has 15 heteroatoms. The predicted molar refractivity (Wildman–Crippen MR) is 172 cm³/mol. The highest BCUT2D eigenvalue weighted by Gasteiger charge is 2.49. The zero-order valence-corrected chi connectivity index (χ0v) is 27.6. The maximum Gasteiger partial charge on any atom is 0.471 e. The van der Waals surface area contributed by atoms with Crippen LogP contribution in [-0.4, -0.2) is 101 Å². The molecular weight excluding hydrogens is 679 g/mol.